The number of pyridine rings is 1. The number of hydrogen-bond acceptors (Lipinski definition) is 4. The number of nitrogens with zero attached hydrogens (tertiary/aromatic N) is 1. The van der Waals surface area contributed by atoms with E-state index >= 15 is 0 Å². The van der Waals surface area contributed by atoms with E-state index in [2.05, 4.69) is 21.7 Å². The van der Waals surface area contributed by atoms with Crippen LogP contribution in [0.3, 0.4) is 0 Å². The number of rotatable bonds is 5. The Labute approximate surface area is 179 Å². The maximum absolute atomic E-state index is 14.5. The molecule has 8 heteroatoms. The topological polar surface area (TPSA) is 97.8 Å². The minimum atomic E-state index is -1.25. The zero-order chi connectivity index (χ0) is 22.3. The summed E-state index contributed by atoms with van der Waals surface area (Å²) in [5.41, 5.74) is 1.71. The predicted octanol–water partition coefficient (Wildman–Crippen LogP) is 2.74. The van der Waals surface area contributed by atoms with Crippen LogP contribution in [0.2, 0.25) is 0 Å². The van der Waals surface area contributed by atoms with Gasteiger partial charge in [0.1, 0.15) is 12.0 Å². The van der Waals surface area contributed by atoms with E-state index in [0.29, 0.717) is 34.1 Å². The number of amides is 1. The van der Waals surface area contributed by atoms with Gasteiger partial charge in [-0.15, -0.1) is 0 Å². The minimum absolute atomic E-state index is 0.132. The molecule has 0 bridgehead atoms. The van der Waals surface area contributed by atoms with Gasteiger partial charge in [-0.1, -0.05) is 0 Å². The van der Waals surface area contributed by atoms with Crippen LogP contribution in [0.4, 0.5) is 8.78 Å². The summed E-state index contributed by atoms with van der Waals surface area (Å²) >= 11 is 0. The van der Waals surface area contributed by atoms with Gasteiger partial charge in [0, 0.05) is 34.6 Å². The number of H-pyrrole nitrogens is 1. The van der Waals surface area contributed by atoms with E-state index in [0.717, 1.165) is 12.8 Å². The number of carbonyl (C=O) groups is 1. The summed E-state index contributed by atoms with van der Waals surface area (Å²) in [7, 11) is 0. The molecule has 1 aliphatic heterocycles. The lowest BCUT2D eigenvalue weighted by Crippen LogP contribution is -2.57. The molecule has 1 saturated carbocycles. The molecule has 1 aliphatic carbocycles. The molecule has 4 atom stereocenters. The summed E-state index contributed by atoms with van der Waals surface area (Å²) in [6.07, 6.45) is 0.532. The van der Waals surface area contributed by atoms with Crippen molar-refractivity contribution in [3.63, 3.8) is 0 Å². The average Bonchev–Trinajstić information content (AvgIpc) is 3.56. The minimum Gasteiger partial charge on any atom is -0.352 e. The van der Waals surface area contributed by atoms with Gasteiger partial charge in [-0.05, 0) is 56.7 Å². The molecule has 1 aromatic heterocycles. The Morgan fingerprint density at radius 2 is 2.13 bits per heavy atom. The van der Waals surface area contributed by atoms with Crippen molar-refractivity contribution in [1.29, 1.82) is 5.26 Å². The summed E-state index contributed by atoms with van der Waals surface area (Å²) in [6.45, 7) is 3.82. The lowest BCUT2D eigenvalue weighted by atomic mass is 9.90. The zero-order valence-corrected chi connectivity index (χ0v) is 17.6. The number of alkyl halides is 1. The normalized spacial score (nSPS) is 24.5. The third kappa shape index (κ3) is 4.19. The van der Waals surface area contributed by atoms with Crippen molar-refractivity contribution in [2.75, 3.05) is 6.54 Å². The number of piperidine rings is 1. The van der Waals surface area contributed by atoms with Gasteiger partial charge >= 0.3 is 0 Å². The summed E-state index contributed by atoms with van der Waals surface area (Å²) in [4.78, 5) is 28.1. The van der Waals surface area contributed by atoms with Gasteiger partial charge < -0.3 is 15.6 Å². The molecule has 31 heavy (non-hydrogen) atoms. The molecule has 1 aromatic carbocycles. The molecule has 0 radical (unpaired) electrons. The zero-order valence-electron chi connectivity index (χ0n) is 17.6. The summed E-state index contributed by atoms with van der Waals surface area (Å²) in [5.74, 6) is -0.927. The van der Waals surface area contributed by atoms with Crippen LogP contribution in [0.25, 0.3) is 10.9 Å². The van der Waals surface area contributed by atoms with Gasteiger partial charge in [0.15, 0.2) is 0 Å². The monoisotopic (exact) mass is 428 g/mol. The predicted molar refractivity (Wildman–Crippen MR) is 113 cm³/mol. The molecular weight excluding hydrogens is 402 g/mol. The highest BCUT2D eigenvalue weighted by Gasteiger charge is 2.34. The number of aromatic nitrogens is 1. The molecule has 2 heterocycles. The molecule has 0 spiro atoms. The van der Waals surface area contributed by atoms with E-state index in [4.69, 9.17) is 5.26 Å². The molecule has 3 unspecified atom stereocenters. The van der Waals surface area contributed by atoms with Gasteiger partial charge in [0.25, 0.3) is 5.56 Å². The highest BCUT2D eigenvalue weighted by molar-refractivity contribution is 5.89. The van der Waals surface area contributed by atoms with Crippen LogP contribution in [-0.2, 0) is 11.2 Å². The maximum Gasteiger partial charge on any atom is 0.252 e. The first-order valence-corrected chi connectivity index (χ1v) is 10.7. The number of carbonyl (C=O) groups excluding carboxylic acids is 1. The maximum atomic E-state index is 14.5. The third-order valence-corrected chi connectivity index (χ3v) is 6.47. The number of hydrogen-bond donors (Lipinski definition) is 3. The number of benzene rings is 1. The fourth-order valence-corrected chi connectivity index (χ4v) is 4.66. The lowest BCUT2D eigenvalue weighted by Gasteiger charge is -2.34. The van der Waals surface area contributed by atoms with Crippen molar-refractivity contribution in [3.8, 4) is 6.07 Å². The Bertz CT molecular complexity index is 1120. The van der Waals surface area contributed by atoms with Crippen molar-refractivity contribution >= 4 is 16.8 Å². The lowest BCUT2D eigenvalue weighted by molar-refractivity contribution is -0.121. The molecule has 164 valence electrons. The number of fused-ring (bicyclic) bond motifs is 1. The van der Waals surface area contributed by atoms with Crippen LogP contribution in [0.1, 0.15) is 48.8 Å². The fourth-order valence-electron chi connectivity index (χ4n) is 4.66. The van der Waals surface area contributed by atoms with Crippen LogP contribution in [-0.4, -0.2) is 35.7 Å². The van der Waals surface area contributed by atoms with E-state index in [1.54, 1.807) is 19.9 Å². The summed E-state index contributed by atoms with van der Waals surface area (Å²) in [5, 5.41) is 15.4. The second kappa shape index (κ2) is 8.39. The number of halogens is 2. The van der Waals surface area contributed by atoms with Gasteiger partial charge in [-0.2, -0.15) is 5.26 Å². The molecule has 6 nitrogen and oxygen atoms in total. The second-order valence-electron chi connectivity index (χ2n) is 8.76. The molecule has 2 aromatic rings. The van der Waals surface area contributed by atoms with E-state index in [1.165, 1.54) is 6.07 Å². The Balaban J connectivity index is 1.54. The van der Waals surface area contributed by atoms with Crippen LogP contribution in [0, 0.1) is 30.0 Å². The van der Waals surface area contributed by atoms with Gasteiger partial charge in [0.05, 0.1) is 24.4 Å². The fraction of sp³-hybridized carbons (Fsp3) is 0.522. The van der Waals surface area contributed by atoms with Gasteiger partial charge in [-0.3, -0.25) is 9.59 Å². The first-order chi connectivity index (χ1) is 14.8. The van der Waals surface area contributed by atoms with E-state index < -0.39 is 24.2 Å². The Morgan fingerprint density at radius 3 is 2.77 bits per heavy atom. The average molecular weight is 428 g/mol. The highest BCUT2D eigenvalue weighted by atomic mass is 19.1. The molecule has 3 N–H and O–H groups in total. The molecular formula is C23H26F2N4O2. The Morgan fingerprint density at radius 1 is 1.39 bits per heavy atom. The van der Waals surface area contributed by atoms with Crippen molar-refractivity contribution in [1.82, 2.24) is 15.6 Å². The molecule has 2 fully saturated rings. The summed E-state index contributed by atoms with van der Waals surface area (Å²) < 4.78 is 28.9. The van der Waals surface area contributed by atoms with Crippen LogP contribution < -0.4 is 16.2 Å². The van der Waals surface area contributed by atoms with Crippen molar-refractivity contribution in [2.24, 2.45) is 5.92 Å². The number of aryl methyl sites for hydroxylation is 1. The molecule has 2 aliphatic rings. The quantitative estimate of drug-likeness (QED) is 0.682. The largest absolute Gasteiger partial charge is 0.352 e. The van der Waals surface area contributed by atoms with Crippen LogP contribution >= 0.6 is 0 Å². The first kappa shape index (κ1) is 21.4. The second-order valence-corrected chi connectivity index (χ2v) is 8.76. The first-order valence-electron chi connectivity index (χ1n) is 10.7. The van der Waals surface area contributed by atoms with Gasteiger partial charge in [0.2, 0.25) is 5.91 Å². The molecule has 1 saturated heterocycles. The van der Waals surface area contributed by atoms with E-state index in [-0.39, 0.29) is 36.1 Å². The van der Waals surface area contributed by atoms with Crippen molar-refractivity contribution in [3.05, 3.63) is 45.0 Å². The standard InChI is InChI=1S/C23H26F2N4O2/c1-11-15(8-19(30)28-12(2)22-17(25)7-13(9-26)10-27-22)23(31)29-18-6-5-16(24)21(20(11)18)14-3-4-14/h5-6,12-14,17,22,27H,3-4,7-8,10H2,1-2H3,(H,28,30)(H,29,31)/t12-,13?,17?,22?/m0/s1. The van der Waals surface area contributed by atoms with Gasteiger partial charge in [-0.25, -0.2) is 8.78 Å². The molecule has 4 rings (SSSR count). The van der Waals surface area contributed by atoms with Crippen molar-refractivity contribution in [2.45, 2.75) is 63.7 Å². The van der Waals surface area contributed by atoms with Crippen LogP contribution in [0.15, 0.2) is 16.9 Å². The summed E-state index contributed by atoms with van der Waals surface area (Å²) in [6, 6.07) is 3.88. The van der Waals surface area contributed by atoms with E-state index in [1.807, 2.05) is 0 Å². The number of nitriles is 1. The molecule has 1 amide bonds. The van der Waals surface area contributed by atoms with Crippen LogP contribution in [0.5, 0.6) is 0 Å². The van der Waals surface area contributed by atoms with Crippen molar-refractivity contribution < 1.29 is 13.6 Å². The highest BCUT2D eigenvalue weighted by Crippen LogP contribution is 2.45. The Hall–Kier alpha value is -2.79. The SMILES string of the molecule is Cc1c(CC(=O)N[C@@H](C)C2NCC(C#N)CC2F)c(=O)[nH]c2ccc(F)c(C3CC3)c12. The smallest absolute Gasteiger partial charge is 0.252 e. The number of nitrogens with one attached hydrogen (secondary N) is 3. The van der Waals surface area contributed by atoms with E-state index in [9.17, 15) is 18.4 Å². The number of aromatic amines is 1. The Kier molecular flexibility index (Phi) is 5.80. The third-order valence-electron chi connectivity index (χ3n) is 6.47.